The number of benzene rings is 6. The Morgan fingerprint density at radius 3 is 1.29 bits per heavy atom. The minimum absolute atomic E-state index is 0.0543. The molecule has 2 atom stereocenters. The third-order valence-electron chi connectivity index (χ3n) is 17.9. The highest BCUT2D eigenvalue weighted by Crippen LogP contribution is 2.37. The van der Waals surface area contributed by atoms with Gasteiger partial charge in [0.1, 0.15) is 82.3 Å². The van der Waals surface area contributed by atoms with Crippen LogP contribution >= 0.6 is 0 Å². The number of aromatic nitrogens is 10. The first-order chi connectivity index (χ1) is 54.9. The van der Waals surface area contributed by atoms with Gasteiger partial charge in [0.15, 0.2) is 34.5 Å². The van der Waals surface area contributed by atoms with Crippen LogP contribution in [0.3, 0.4) is 0 Å². The van der Waals surface area contributed by atoms with E-state index in [1.54, 1.807) is 36.9 Å². The highest BCUT2D eigenvalue weighted by Gasteiger charge is 2.39. The summed E-state index contributed by atoms with van der Waals surface area (Å²) in [5.41, 5.74) is 4.23. The van der Waals surface area contributed by atoms with Gasteiger partial charge in [-0.15, -0.1) is 0 Å². The van der Waals surface area contributed by atoms with E-state index in [1.807, 2.05) is 9.13 Å². The topological polar surface area (TPSA) is 246 Å². The normalized spacial score (nSPS) is 14.4. The van der Waals surface area contributed by atoms with Gasteiger partial charge in [-0.1, -0.05) is 54.6 Å². The smallest absolute Gasteiger partial charge is 0.475 e. The van der Waals surface area contributed by atoms with E-state index >= 15 is 8.78 Å². The lowest BCUT2D eigenvalue weighted by Crippen LogP contribution is -2.21. The Labute approximate surface area is 643 Å². The van der Waals surface area contributed by atoms with Crippen LogP contribution in [0.5, 0.6) is 0 Å². The van der Waals surface area contributed by atoms with Crippen molar-refractivity contribution in [2.75, 3.05) is 18.9 Å². The van der Waals surface area contributed by atoms with Crippen molar-refractivity contribution in [1.29, 1.82) is 0 Å². The summed E-state index contributed by atoms with van der Waals surface area (Å²) in [7, 11) is 0. The second-order valence-corrected chi connectivity index (χ2v) is 25.7. The fraction of sp³-hybridized carbons (Fsp3) is 0.241. The summed E-state index contributed by atoms with van der Waals surface area (Å²) in [6, 6.07) is 24.5. The molecule has 2 aliphatic rings. The van der Waals surface area contributed by atoms with Crippen molar-refractivity contribution in [3.05, 3.63) is 279 Å². The number of nitrogens with two attached hydrogens (primary N) is 1. The minimum atomic E-state index is -5.08. The van der Waals surface area contributed by atoms with E-state index in [1.165, 1.54) is 50.2 Å². The molecule has 6 aromatic heterocycles. The van der Waals surface area contributed by atoms with Crippen molar-refractivity contribution in [3.63, 3.8) is 0 Å². The van der Waals surface area contributed by atoms with Gasteiger partial charge < -0.3 is 20.3 Å². The molecule has 2 unspecified atom stereocenters. The number of imidazole rings is 2. The Morgan fingerprint density at radius 1 is 0.466 bits per heavy atom. The first-order valence-electron chi connectivity index (χ1n) is 34.6. The van der Waals surface area contributed by atoms with Crippen molar-refractivity contribution in [2.45, 2.75) is 108 Å². The number of alkyl halides is 12. The Balaban J connectivity index is 0.000000167. The lowest BCUT2D eigenvalue weighted by atomic mass is 9.96. The predicted molar refractivity (Wildman–Crippen MR) is 378 cm³/mol. The number of rotatable bonds is 15. The number of hydrogen-bond acceptors (Lipinski definition) is 15. The molecule has 8 heterocycles. The molecule has 116 heavy (non-hydrogen) atoms. The second kappa shape index (κ2) is 36.8. The molecule has 12 aromatic rings. The SMILES string of the molecule is Cc1c(F)ccc(CC(=O)c2cccc(C(F)(F)F)c2)c1F.Fc1ncccc1-c1ncnc2c1ncn2C1CCCCO1.Nc1c(F)ccc(CC(=O)c2cccc(C(F)(F)F)c2)c1F.O=C(Cc1ccc(F)c(Cc2ncccc2-c2ncnc3c2ncn3C2CCCCO2)c1F)c1cccc(C(F)(F)F)c1.O=C(O)C(F)(F)F. The van der Waals surface area contributed by atoms with E-state index in [0.717, 1.165) is 130 Å². The molecule has 606 valence electrons. The summed E-state index contributed by atoms with van der Waals surface area (Å²) in [6.45, 7) is 2.60. The van der Waals surface area contributed by atoms with Gasteiger partial charge >= 0.3 is 30.7 Å². The third-order valence-corrected chi connectivity index (χ3v) is 17.9. The fourth-order valence-corrected chi connectivity index (χ4v) is 11.9. The van der Waals surface area contributed by atoms with Gasteiger partial charge in [-0.2, -0.15) is 57.1 Å². The fourth-order valence-electron chi connectivity index (χ4n) is 11.9. The molecule has 14 rings (SSSR count). The van der Waals surface area contributed by atoms with Crippen molar-refractivity contribution in [1.82, 2.24) is 49.0 Å². The number of fused-ring (bicyclic) bond motifs is 2. The Morgan fingerprint density at radius 2 is 0.871 bits per heavy atom. The second-order valence-electron chi connectivity index (χ2n) is 25.7. The summed E-state index contributed by atoms with van der Waals surface area (Å²) in [4.78, 5) is 79.9. The van der Waals surface area contributed by atoms with Gasteiger partial charge in [0.2, 0.25) is 5.95 Å². The number of pyridine rings is 2. The van der Waals surface area contributed by atoms with Crippen LogP contribution in [0, 0.1) is 47.8 Å². The van der Waals surface area contributed by atoms with Crippen molar-refractivity contribution >= 4 is 51.3 Å². The molecule has 2 aliphatic heterocycles. The Hall–Kier alpha value is -12.4. The van der Waals surface area contributed by atoms with Crippen LogP contribution in [-0.4, -0.2) is 96.8 Å². The Kier molecular flexibility index (Phi) is 27.3. The molecule has 2 fully saturated rings. The van der Waals surface area contributed by atoms with Crippen LogP contribution in [0.1, 0.15) is 132 Å². The van der Waals surface area contributed by atoms with Gasteiger partial charge in [0.25, 0.3) is 0 Å². The van der Waals surface area contributed by atoms with Crippen LogP contribution in [0.25, 0.3) is 44.8 Å². The van der Waals surface area contributed by atoms with E-state index in [-0.39, 0.29) is 63.4 Å². The standard InChI is InChI=1S/C31H24F5N5O2.C16H11F5O.C15H10F5NO.C15H14FN5O.C2HF3O2/c32-23-10-9-19(14-25(42)18-5-3-6-20(13-18)31(34,35)36)27(33)22(23)15-24-21(7-4-11-37-24)28-29-30(39-16-38-28)41(17-40-29)26-8-1-2-12-43-26;1-9-13(17)6-5-11(15(9)18)8-14(22)10-3-2-4-12(7-10)16(19,20)21;16-11-5-4-9(13(17)14(11)21)7-12(22)8-2-1-3-10(6-8)15(18,19)20;16-14-10(4-3-6-17-14)12-13-15(19-8-18-12)21(9-20-13)11-5-1-2-7-22-11;3-2(4,5)1(6)7/h3-7,9-11,13,16-17,26H,1-2,8,12,14-15H2;2-7H,8H2,1H3;1-6H,7,21H2;3-4,6,8-9,11H,1-2,5,7H2;(H,6,7). The number of halogens is 19. The summed E-state index contributed by atoms with van der Waals surface area (Å²) >= 11 is 0. The zero-order valence-electron chi connectivity index (χ0n) is 59.9. The zero-order valence-corrected chi connectivity index (χ0v) is 59.9. The van der Waals surface area contributed by atoms with E-state index < -0.39 is 131 Å². The number of hydrogen-bond donors (Lipinski definition) is 2. The molecule has 0 spiro atoms. The molecular weight excluding hydrogens is 1580 g/mol. The van der Waals surface area contributed by atoms with E-state index in [4.69, 9.17) is 25.1 Å². The highest BCUT2D eigenvalue weighted by molar-refractivity contribution is 5.99. The number of ether oxygens (including phenoxy) is 2. The number of carboxylic acids is 1. The maximum Gasteiger partial charge on any atom is 0.490 e. The number of aliphatic carboxylic acids is 1. The average Bonchev–Trinajstić information content (AvgIpc) is 1.49. The zero-order chi connectivity index (χ0) is 84.1. The number of nitrogens with zero attached hydrogens (tertiary/aromatic N) is 10. The maximum absolute atomic E-state index is 15.7. The summed E-state index contributed by atoms with van der Waals surface area (Å²) in [5, 5.41) is 7.12. The van der Waals surface area contributed by atoms with Gasteiger partial charge in [0.05, 0.1) is 40.6 Å². The maximum atomic E-state index is 15.7. The van der Waals surface area contributed by atoms with Gasteiger partial charge in [-0.25, -0.2) is 66.0 Å². The number of nitrogen functional groups attached to an aromatic ring is 1. The van der Waals surface area contributed by atoms with Crippen LogP contribution in [0.15, 0.2) is 171 Å². The largest absolute Gasteiger partial charge is 0.490 e. The first kappa shape index (κ1) is 86.0. The van der Waals surface area contributed by atoms with Crippen LogP contribution in [-0.2, 0) is 58.5 Å². The van der Waals surface area contributed by atoms with Crippen LogP contribution in [0.4, 0.5) is 89.1 Å². The molecule has 0 saturated carbocycles. The summed E-state index contributed by atoms with van der Waals surface area (Å²) < 4.78 is 260. The van der Waals surface area contributed by atoms with Crippen LogP contribution in [0.2, 0.25) is 0 Å². The third kappa shape index (κ3) is 21.1. The molecular formula is C79H60F19N11O7. The number of carbonyl (C=O) groups is 4. The quantitative estimate of drug-likeness (QED) is 0.0419. The minimum Gasteiger partial charge on any atom is -0.475 e. The Bertz CT molecular complexity index is 5440. The molecule has 0 aliphatic carbocycles. The predicted octanol–water partition coefficient (Wildman–Crippen LogP) is 19.0. The molecule has 0 amide bonds. The molecule has 0 radical (unpaired) electrons. The van der Waals surface area contributed by atoms with Crippen molar-refractivity contribution < 1.29 is 117 Å². The molecule has 6 aromatic carbocycles. The number of carbonyl (C=O) groups excluding carboxylic acids is 3. The van der Waals surface area contributed by atoms with Gasteiger partial charge in [-0.05, 0) is 141 Å². The first-order valence-corrected chi connectivity index (χ1v) is 34.6. The van der Waals surface area contributed by atoms with Gasteiger partial charge in [-0.3, -0.25) is 28.5 Å². The molecule has 2 saturated heterocycles. The molecule has 0 bridgehead atoms. The summed E-state index contributed by atoms with van der Waals surface area (Å²) in [6.07, 6.45) is -5.98. The molecule has 37 heteroatoms. The monoisotopic (exact) mass is 1640 g/mol. The summed E-state index contributed by atoms with van der Waals surface area (Å²) in [5.74, 6) is -10.9. The number of carboxylic acid groups (broad SMARTS) is 1. The lowest BCUT2D eigenvalue weighted by molar-refractivity contribution is -0.192. The number of Topliss-reactive ketones (excluding diaryl/α,β-unsaturated/α-hetero) is 3. The van der Waals surface area contributed by atoms with Gasteiger partial charge in [0, 0.05) is 84.7 Å². The number of ketones is 3. The van der Waals surface area contributed by atoms with E-state index in [0.29, 0.717) is 63.2 Å². The van der Waals surface area contributed by atoms with Crippen LogP contribution < -0.4 is 5.73 Å². The molecule has 18 nitrogen and oxygen atoms in total. The lowest BCUT2D eigenvalue weighted by Gasteiger charge is -2.23. The van der Waals surface area contributed by atoms with E-state index in [9.17, 15) is 89.0 Å². The van der Waals surface area contributed by atoms with E-state index in [2.05, 4.69) is 39.9 Å². The average molecular weight is 1640 g/mol. The number of anilines is 1. The van der Waals surface area contributed by atoms with Crippen molar-refractivity contribution in [2.24, 2.45) is 0 Å². The highest BCUT2D eigenvalue weighted by atomic mass is 19.4. The molecule has 3 N–H and O–H groups in total. The van der Waals surface area contributed by atoms with Crippen molar-refractivity contribution in [3.8, 4) is 22.5 Å².